The summed E-state index contributed by atoms with van der Waals surface area (Å²) in [5.41, 5.74) is 13.6. The van der Waals surface area contributed by atoms with Crippen LogP contribution in [-0.2, 0) is 0 Å². The quantitative estimate of drug-likeness (QED) is 0.172. The molecule has 2 heterocycles. The van der Waals surface area contributed by atoms with Gasteiger partial charge in [-0.2, -0.15) is 0 Å². The Morgan fingerprint density at radius 3 is 1.84 bits per heavy atom. The molecule has 0 radical (unpaired) electrons. The highest BCUT2D eigenvalue weighted by molar-refractivity contribution is 6.22. The summed E-state index contributed by atoms with van der Waals surface area (Å²) in [7, 11) is 0. The Labute approximate surface area is 319 Å². The van der Waals surface area contributed by atoms with Gasteiger partial charge >= 0.3 is 0 Å². The molecule has 0 spiro atoms. The van der Waals surface area contributed by atoms with E-state index in [1.165, 1.54) is 54.8 Å². The SMILES string of the molecule is C1=CCCC(n2c3ccccc3c3ccc(N(c4ccc(-c5ccccc5)cc4)c4ccc(-c5cc6oc7ccccc7c6c6ccccc56)cc4)cc32)=C1. The van der Waals surface area contributed by atoms with E-state index in [0.717, 1.165) is 57.6 Å². The number of aromatic nitrogens is 1. The van der Waals surface area contributed by atoms with Crippen molar-refractivity contribution in [2.75, 3.05) is 4.90 Å². The van der Waals surface area contributed by atoms with E-state index in [-0.39, 0.29) is 0 Å². The fourth-order valence-corrected chi connectivity index (χ4v) is 8.68. The van der Waals surface area contributed by atoms with Crippen LogP contribution in [0.4, 0.5) is 17.1 Å². The van der Waals surface area contributed by atoms with Crippen LogP contribution in [0.25, 0.3) is 82.5 Å². The molecule has 260 valence electrons. The predicted molar refractivity (Wildman–Crippen MR) is 232 cm³/mol. The van der Waals surface area contributed by atoms with E-state index in [0.29, 0.717) is 0 Å². The summed E-state index contributed by atoms with van der Waals surface area (Å²) in [5, 5.41) is 7.28. The first kappa shape index (κ1) is 31.4. The van der Waals surface area contributed by atoms with E-state index in [9.17, 15) is 0 Å². The van der Waals surface area contributed by atoms with Crippen molar-refractivity contribution in [1.82, 2.24) is 4.57 Å². The Morgan fingerprint density at radius 1 is 0.455 bits per heavy atom. The van der Waals surface area contributed by atoms with Gasteiger partial charge in [-0.15, -0.1) is 0 Å². The number of hydrogen-bond donors (Lipinski definition) is 0. The highest BCUT2D eigenvalue weighted by Gasteiger charge is 2.20. The van der Waals surface area contributed by atoms with E-state index in [1.54, 1.807) is 0 Å². The van der Waals surface area contributed by atoms with Crippen molar-refractivity contribution in [2.45, 2.75) is 12.8 Å². The zero-order valence-corrected chi connectivity index (χ0v) is 30.2. The van der Waals surface area contributed by atoms with Gasteiger partial charge in [0.2, 0.25) is 0 Å². The van der Waals surface area contributed by atoms with Gasteiger partial charge in [0, 0.05) is 44.3 Å². The fourth-order valence-electron chi connectivity index (χ4n) is 8.68. The minimum atomic E-state index is 0.909. The van der Waals surface area contributed by atoms with Gasteiger partial charge < -0.3 is 13.9 Å². The second kappa shape index (κ2) is 12.8. The number of allylic oxidation sites excluding steroid dienone is 4. The van der Waals surface area contributed by atoms with E-state index < -0.39 is 0 Å². The number of fused-ring (bicyclic) bond motifs is 8. The molecule has 0 bridgehead atoms. The Bertz CT molecular complexity index is 3130. The number of rotatable bonds is 6. The van der Waals surface area contributed by atoms with Gasteiger partial charge in [0.05, 0.1) is 11.0 Å². The van der Waals surface area contributed by atoms with Crippen LogP contribution in [0.15, 0.2) is 199 Å². The summed E-state index contributed by atoms with van der Waals surface area (Å²) in [6, 6.07) is 63.5. The molecular formula is C52H36N2O. The maximum Gasteiger partial charge on any atom is 0.136 e. The number of hydrogen-bond acceptors (Lipinski definition) is 2. The van der Waals surface area contributed by atoms with E-state index in [4.69, 9.17) is 4.42 Å². The third-order valence-electron chi connectivity index (χ3n) is 11.2. The topological polar surface area (TPSA) is 21.3 Å². The third-order valence-corrected chi connectivity index (χ3v) is 11.2. The van der Waals surface area contributed by atoms with Crippen LogP contribution in [0.3, 0.4) is 0 Å². The highest BCUT2D eigenvalue weighted by Crippen LogP contribution is 2.43. The van der Waals surface area contributed by atoms with Gasteiger partial charge in [0.25, 0.3) is 0 Å². The van der Waals surface area contributed by atoms with E-state index in [2.05, 4.69) is 198 Å². The summed E-state index contributed by atoms with van der Waals surface area (Å²) in [6.07, 6.45) is 8.78. The third kappa shape index (κ3) is 5.20. The standard InChI is InChI=1S/C52H36N2O/c1-3-13-35(14-4-1)36-23-27-39(28-24-36)53(41-31-32-44-43-18-9-11-21-48(43)54(49(44)33-41)38-15-5-2-6-16-38)40-29-25-37(26-30-40)47-34-51-52(45-19-8-7-17-42(45)47)46-20-10-12-22-50(46)55-51/h1-5,7-15,17-34H,6,16H2. The van der Waals surface area contributed by atoms with Crippen molar-refractivity contribution < 1.29 is 4.42 Å². The van der Waals surface area contributed by atoms with Crippen LogP contribution in [0, 0.1) is 0 Å². The molecule has 0 fully saturated rings. The smallest absolute Gasteiger partial charge is 0.136 e. The first-order valence-electron chi connectivity index (χ1n) is 19.1. The molecular weight excluding hydrogens is 669 g/mol. The molecule has 0 amide bonds. The Morgan fingerprint density at radius 2 is 1.07 bits per heavy atom. The van der Waals surface area contributed by atoms with Gasteiger partial charge in [-0.25, -0.2) is 0 Å². The maximum absolute atomic E-state index is 6.43. The van der Waals surface area contributed by atoms with Crippen molar-refractivity contribution >= 4 is 77.3 Å². The van der Waals surface area contributed by atoms with Crippen molar-refractivity contribution in [1.29, 1.82) is 0 Å². The lowest BCUT2D eigenvalue weighted by Crippen LogP contribution is -2.10. The molecule has 0 saturated heterocycles. The van der Waals surface area contributed by atoms with Gasteiger partial charge in [-0.05, 0) is 107 Å². The highest BCUT2D eigenvalue weighted by atomic mass is 16.3. The van der Waals surface area contributed by atoms with Gasteiger partial charge in [-0.1, -0.05) is 133 Å². The molecule has 10 aromatic rings. The van der Waals surface area contributed by atoms with E-state index >= 15 is 0 Å². The molecule has 0 atom stereocenters. The molecule has 1 aliphatic carbocycles. The zero-order chi connectivity index (χ0) is 36.3. The summed E-state index contributed by atoms with van der Waals surface area (Å²) in [4.78, 5) is 2.38. The van der Waals surface area contributed by atoms with Crippen LogP contribution in [0.2, 0.25) is 0 Å². The molecule has 1 aliphatic rings. The molecule has 0 N–H and O–H groups in total. The van der Waals surface area contributed by atoms with Gasteiger partial charge in [0.1, 0.15) is 11.2 Å². The van der Waals surface area contributed by atoms with Crippen LogP contribution < -0.4 is 4.90 Å². The number of benzene rings is 8. The first-order valence-corrected chi connectivity index (χ1v) is 19.1. The molecule has 3 heteroatoms. The molecule has 55 heavy (non-hydrogen) atoms. The lowest BCUT2D eigenvalue weighted by Gasteiger charge is -2.26. The molecule has 11 rings (SSSR count). The zero-order valence-electron chi connectivity index (χ0n) is 30.2. The van der Waals surface area contributed by atoms with Gasteiger partial charge in [-0.3, -0.25) is 0 Å². The predicted octanol–water partition coefficient (Wildman–Crippen LogP) is 14.8. The Kier molecular flexibility index (Phi) is 7.31. The number of nitrogens with zero attached hydrogens (tertiary/aromatic N) is 2. The van der Waals surface area contributed by atoms with Crippen LogP contribution in [0.1, 0.15) is 12.8 Å². The Balaban J connectivity index is 1.08. The molecule has 3 nitrogen and oxygen atoms in total. The number of para-hydroxylation sites is 2. The first-order chi connectivity index (χ1) is 27.3. The molecule has 0 aliphatic heterocycles. The molecule has 0 saturated carbocycles. The second-order valence-electron chi connectivity index (χ2n) is 14.4. The number of anilines is 3. The van der Waals surface area contributed by atoms with Crippen LogP contribution >= 0.6 is 0 Å². The van der Waals surface area contributed by atoms with Crippen LogP contribution in [-0.4, -0.2) is 4.57 Å². The van der Waals surface area contributed by atoms with E-state index in [1.807, 2.05) is 6.07 Å². The minimum absolute atomic E-state index is 0.909. The Hall–Kier alpha value is -7.10. The average molecular weight is 705 g/mol. The molecule has 8 aromatic carbocycles. The van der Waals surface area contributed by atoms with Crippen molar-refractivity contribution in [3.8, 4) is 22.3 Å². The monoisotopic (exact) mass is 704 g/mol. The number of furan rings is 1. The molecule has 2 aromatic heterocycles. The lowest BCUT2D eigenvalue weighted by molar-refractivity contribution is 0.669. The largest absolute Gasteiger partial charge is 0.456 e. The average Bonchev–Trinajstić information content (AvgIpc) is 3.80. The minimum Gasteiger partial charge on any atom is -0.456 e. The second-order valence-corrected chi connectivity index (χ2v) is 14.4. The maximum atomic E-state index is 6.43. The fraction of sp³-hybridized carbons (Fsp3) is 0.0385. The molecule has 0 unspecified atom stereocenters. The summed E-state index contributed by atoms with van der Waals surface area (Å²) < 4.78 is 8.90. The lowest BCUT2D eigenvalue weighted by atomic mass is 9.94. The van der Waals surface area contributed by atoms with Crippen LogP contribution in [0.5, 0.6) is 0 Å². The van der Waals surface area contributed by atoms with Crippen molar-refractivity contribution in [2.24, 2.45) is 0 Å². The van der Waals surface area contributed by atoms with Crippen molar-refractivity contribution in [3.05, 3.63) is 194 Å². The summed E-state index contributed by atoms with van der Waals surface area (Å²) >= 11 is 0. The van der Waals surface area contributed by atoms with Gasteiger partial charge in [0.15, 0.2) is 0 Å². The van der Waals surface area contributed by atoms with Crippen molar-refractivity contribution in [3.63, 3.8) is 0 Å². The normalized spacial score (nSPS) is 13.0. The summed E-state index contributed by atoms with van der Waals surface area (Å²) in [5.74, 6) is 0. The summed E-state index contributed by atoms with van der Waals surface area (Å²) in [6.45, 7) is 0.